The van der Waals surface area contributed by atoms with Gasteiger partial charge in [-0.2, -0.15) is 13.2 Å². The Kier molecular flexibility index (Phi) is 3.49. The van der Waals surface area contributed by atoms with E-state index in [9.17, 15) is 22.8 Å². The number of alkyl halides is 3. The normalized spacial score (nSPS) is 29.6. The zero-order valence-corrected chi connectivity index (χ0v) is 10.3. The summed E-state index contributed by atoms with van der Waals surface area (Å²) < 4.78 is 38.2. The van der Waals surface area contributed by atoms with Crippen LogP contribution in [0, 0.1) is 11.8 Å². The second-order valence-corrected chi connectivity index (χ2v) is 5.47. The molecule has 0 bridgehead atoms. The highest BCUT2D eigenvalue weighted by Gasteiger charge is 2.64. The largest absolute Gasteiger partial charge is 0.481 e. The average molecular weight is 279 g/mol. The Hall–Kier alpha value is -1.27. The second kappa shape index (κ2) is 4.68. The van der Waals surface area contributed by atoms with Crippen molar-refractivity contribution in [2.75, 3.05) is 0 Å². The van der Waals surface area contributed by atoms with Gasteiger partial charge in [-0.15, -0.1) is 0 Å². The number of aliphatic carboxylic acids is 1. The second-order valence-electron chi connectivity index (χ2n) is 5.47. The lowest BCUT2D eigenvalue weighted by Crippen LogP contribution is -2.50. The number of carbonyl (C=O) groups excluding carboxylic acids is 1. The number of halogens is 3. The fraction of sp³-hybridized carbons (Fsp3) is 0.833. The van der Waals surface area contributed by atoms with Crippen molar-refractivity contribution in [1.82, 2.24) is 5.32 Å². The standard InChI is InChI=1S/C12H16F3NO3/c13-12(14,15)11(4-5-11)16-9(17)7-2-1-3-8(6-7)10(18)19/h7-8H,1-6H2,(H,16,17)(H,18,19). The van der Waals surface area contributed by atoms with E-state index in [1.54, 1.807) is 0 Å². The van der Waals surface area contributed by atoms with E-state index in [2.05, 4.69) is 5.32 Å². The van der Waals surface area contributed by atoms with E-state index in [0.29, 0.717) is 19.3 Å². The van der Waals surface area contributed by atoms with Crippen LogP contribution < -0.4 is 5.32 Å². The van der Waals surface area contributed by atoms with Gasteiger partial charge in [0, 0.05) is 5.92 Å². The van der Waals surface area contributed by atoms with Crippen molar-refractivity contribution in [3.8, 4) is 0 Å². The number of amides is 1. The number of hydrogen-bond donors (Lipinski definition) is 2. The summed E-state index contributed by atoms with van der Waals surface area (Å²) in [5.74, 6) is -2.87. The summed E-state index contributed by atoms with van der Waals surface area (Å²) in [6.07, 6.45) is -2.95. The average Bonchev–Trinajstić information content (AvgIpc) is 3.09. The van der Waals surface area contributed by atoms with E-state index in [1.807, 2.05) is 0 Å². The third-order valence-corrected chi connectivity index (χ3v) is 4.05. The van der Waals surface area contributed by atoms with Crippen molar-refractivity contribution < 1.29 is 27.9 Å². The van der Waals surface area contributed by atoms with Gasteiger partial charge in [0.2, 0.25) is 5.91 Å². The molecule has 0 aromatic carbocycles. The van der Waals surface area contributed by atoms with E-state index in [1.165, 1.54) is 0 Å². The van der Waals surface area contributed by atoms with Crippen LogP contribution in [-0.4, -0.2) is 28.7 Å². The van der Waals surface area contributed by atoms with Gasteiger partial charge in [-0.1, -0.05) is 6.42 Å². The van der Waals surface area contributed by atoms with Crippen LogP contribution in [0.2, 0.25) is 0 Å². The molecule has 0 aliphatic heterocycles. The number of carbonyl (C=O) groups is 2. The maximum absolute atomic E-state index is 12.7. The van der Waals surface area contributed by atoms with Gasteiger partial charge < -0.3 is 10.4 Å². The lowest BCUT2D eigenvalue weighted by Gasteiger charge is -2.28. The Morgan fingerprint density at radius 2 is 1.74 bits per heavy atom. The van der Waals surface area contributed by atoms with Crippen molar-refractivity contribution in [2.45, 2.75) is 50.2 Å². The first-order valence-corrected chi connectivity index (χ1v) is 6.37. The molecule has 19 heavy (non-hydrogen) atoms. The molecule has 2 aliphatic rings. The molecule has 1 amide bonds. The molecule has 0 radical (unpaired) electrons. The first-order valence-electron chi connectivity index (χ1n) is 6.37. The zero-order valence-electron chi connectivity index (χ0n) is 10.3. The Morgan fingerprint density at radius 1 is 1.16 bits per heavy atom. The summed E-state index contributed by atoms with van der Waals surface area (Å²) in [7, 11) is 0. The van der Waals surface area contributed by atoms with Gasteiger partial charge in [-0.25, -0.2) is 0 Å². The van der Waals surface area contributed by atoms with Gasteiger partial charge in [0.1, 0.15) is 5.54 Å². The van der Waals surface area contributed by atoms with Crippen LogP contribution >= 0.6 is 0 Å². The van der Waals surface area contributed by atoms with Crippen LogP contribution in [0.3, 0.4) is 0 Å². The van der Waals surface area contributed by atoms with Gasteiger partial charge in [0.25, 0.3) is 0 Å². The van der Waals surface area contributed by atoms with Crippen LogP contribution in [0.15, 0.2) is 0 Å². The quantitative estimate of drug-likeness (QED) is 0.831. The van der Waals surface area contributed by atoms with Crippen molar-refractivity contribution in [1.29, 1.82) is 0 Å². The number of nitrogens with one attached hydrogen (secondary N) is 1. The molecule has 2 atom stereocenters. The van der Waals surface area contributed by atoms with E-state index >= 15 is 0 Å². The lowest BCUT2D eigenvalue weighted by molar-refractivity contribution is -0.172. The SMILES string of the molecule is O=C(O)C1CCCC(C(=O)NC2(C(F)(F)F)CC2)C1. The van der Waals surface area contributed by atoms with Gasteiger partial charge >= 0.3 is 12.1 Å². The summed E-state index contributed by atoms with van der Waals surface area (Å²) in [6, 6.07) is 0. The van der Waals surface area contributed by atoms with Crippen molar-refractivity contribution in [3.63, 3.8) is 0 Å². The molecule has 2 aliphatic carbocycles. The minimum Gasteiger partial charge on any atom is -0.481 e. The molecule has 4 nitrogen and oxygen atoms in total. The summed E-state index contributed by atoms with van der Waals surface area (Å²) in [5, 5.41) is 11.0. The fourth-order valence-electron chi connectivity index (χ4n) is 2.59. The van der Waals surface area contributed by atoms with Crippen LogP contribution in [-0.2, 0) is 9.59 Å². The smallest absolute Gasteiger partial charge is 0.411 e. The van der Waals surface area contributed by atoms with Crippen molar-refractivity contribution in [2.24, 2.45) is 11.8 Å². The molecular weight excluding hydrogens is 263 g/mol. The summed E-state index contributed by atoms with van der Waals surface area (Å²) in [6.45, 7) is 0. The van der Waals surface area contributed by atoms with Crippen LogP contribution in [0.5, 0.6) is 0 Å². The first kappa shape index (κ1) is 14.1. The summed E-state index contributed by atoms with van der Waals surface area (Å²) >= 11 is 0. The monoisotopic (exact) mass is 279 g/mol. The highest BCUT2D eigenvalue weighted by atomic mass is 19.4. The van der Waals surface area contributed by atoms with E-state index in [-0.39, 0.29) is 19.3 Å². The predicted octanol–water partition coefficient (Wildman–Crippen LogP) is 2.09. The minimum absolute atomic E-state index is 0.0860. The number of carboxylic acid groups (broad SMARTS) is 1. The van der Waals surface area contributed by atoms with E-state index in [4.69, 9.17) is 5.11 Å². The van der Waals surface area contributed by atoms with Gasteiger partial charge in [0.05, 0.1) is 5.92 Å². The third-order valence-electron chi connectivity index (χ3n) is 4.05. The first-order chi connectivity index (χ1) is 8.75. The van der Waals surface area contributed by atoms with Crippen molar-refractivity contribution >= 4 is 11.9 Å². The number of carboxylic acids is 1. The number of rotatable bonds is 3. The highest BCUT2D eigenvalue weighted by Crippen LogP contribution is 2.49. The third kappa shape index (κ3) is 2.84. The van der Waals surface area contributed by atoms with Gasteiger partial charge in [-0.3, -0.25) is 9.59 Å². The Labute approximate surface area is 108 Å². The molecule has 0 aromatic rings. The Morgan fingerprint density at radius 3 is 2.21 bits per heavy atom. The highest BCUT2D eigenvalue weighted by molar-refractivity contribution is 5.81. The van der Waals surface area contributed by atoms with E-state index in [0.717, 1.165) is 0 Å². The number of hydrogen-bond acceptors (Lipinski definition) is 2. The molecule has 2 saturated carbocycles. The maximum Gasteiger partial charge on any atom is 0.411 e. The molecule has 0 spiro atoms. The minimum atomic E-state index is -4.43. The predicted molar refractivity (Wildman–Crippen MR) is 59.2 cm³/mol. The molecule has 0 saturated heterocycles. The molecule has 108 valence electrons. The van der Waals surface area contributed by atoms with Crippen LogP contribution in [0.4, 0.5) is 13.2 Å². The molecule has 0 heterocycles. The van der Waals surface area contributed by atoms with Gasteiger partial charge in [-0.05, 0) is 32.1 Å². The molecule has 0 aromatic heterocycles. The maximum atomic E-state index is 12.7. The topological polar surface area (TPSA) is 66.4 Å². The molecular formula is C12H16F3NO3. The molecule has 2 fully saturated rings. The summed E-state index contributed by atoms with van der Waals surface area (Å²) in [5.41, 5.74) is -2.06. The van der Waals surface area contributed by atoms with E-state index < -0.39 is 35.4 Å². The van der Waals surface area contributed by atoms with Gasteiger partial charge in [0.15, 0.2) is 0 Å². The zero-order chi connectivity index (χ0) is 14.3. The van der Waals surface area contributed by atoms with Crippen LogP contribution in [0.25, 0.3) is 0 Å². The Bertz CT molecular complexity index is 390. The fourth-order valence-corrected chi connectivity index (χ4v) is 2.59. The molecule has 2 rings (SSSR count). The lowest BCUT2D eigenvalue weighted by atomic mass is 9.81. The van der Waals surface area contributed by atoms with Crippen LogP contribution in [0.1, 0.15) is 38.5 Å². The molecule has 2 unspecified atom stereocenters. The molecule has 2 N–H and O–H groups in total. The van der Waals surface area contributed by atoms with Crippen molar-refractivity contribution in [3.05, 3.63) is 0 Å². The molecule has 7 heteroatoms. The Balaban J connectivity index is 1.95. The summed E-state index contributed by atoms with van der Waals surface area (Å²) in [4.78, 5) is 22.7.